The second-order valence-corrected chi connectivity index (χ2v) is 5.31. The number of nitrogens with two attached hydrogens (primary N) is 1. The lowest BCUT2D eigenvalue weighted by molar-refractivity contribution is -0.123. The molecule has 110 valence electrons. The highest BCUT2D eigenvalue weighted by Gasteiger charge is 2.18. The molecule has 0 unspecified atom stereocenters. The van der Waals surface area contributed by atoms with Gasteiger partial charge in [0.25, 0.3) is 5.91 Å². The van der Waals surface area contributed by atoms with Crippen molar-refractivity contribution in [2.75, 3.05) is 6.61 Å². The maximum atomic E-state index is 13.2. The number of ether oxygens (including phenoxy) is 1. The minimum absolute atomic E-state index is 0.111. The summed E-state index contributed by atoms with van der Waals surface area (Å²) >= 11 is 0. The molecule has 3 N–H and O–H groups in total. The van der Waals surface area contributed by atoms with Gasteiger partial charge in [-0.1, -0.05) is 18.9 Å². The minimum atomic E-state index is -0.402. The van der Waals surface area contributed by atoms with Crippen LogP contribution in [0.25, 0.3) is 0 Å². The summed E-state index contributed by atoms with van der Waals surface area (Å²) in [6.45, 7) is 1.68. The highest BCUT2D eigenvalue weighted by Crippen LogP contribution is 2.24. The highest BCUT2D eigenvalue weighted by molar-refractivity contribution is 5.77. The summed E-state index contributed by atoms with van der Waals surface area (Å²) in [5.74, 6) is -0.237. The molecule has 0 saturated heterocycles. The van der Waals surface area contributed by atoms with Crippen LogP contribution < -0.4 is 15.8 Å². The molecule has 0 spiro atoms. The third kappa shape index (κ3) is 3.93. The van der Waals surface area contributed by atoms with E-state index in [2.05, 4.69) is 5.32 Å². The Morgan fingerprint density at radius 1 is 1.50 bits per heavy atom. The van der Waals surface area contributed by atoms with Crippen LogP contribution in [0, 0.1) is 5.82 Å². The molecule has 5 heteroatoms. The summed E-state index contributed by atoms with van der Waals surface area (Å²) in [5, 5.41) is 2.92. The predicted octanol–water partition coefficient (Wildman–Crippen LogP) is 2.28. The summed E-state index contributed by atoms with van der Waals surface area (Å²) in [5.41, 5.74) is 6.49. The van der Waals surface area contributed by atoms with Gasteiger partial charge in [-0.2, -0.15) is 0 Å². The Morgan fingerprint density at radius 3 is 2.85 bits per heavy atom. The van der Waals surface area contributed by atoms with Gasteiger partial charge in [-0.3, -0.25) is 4.79 Å². The Balaban J connectivity index is 1.92. The Labute approximate surface area is 118 Å². The molecule has 0 heterocycles. The number of carbonyl (C=O) groups is 1. The smallest absolute Gasteiger partial charge is 0.258 e. The molecule has 1 saturated carbocycles. The normalized spacial score (nSPS) is 16.9. The first-order chi connectivity index (χ1) is 9.56. The molecule has 0 aromatic heterocycles. The molecule has 1 aromatic rings. The molecular weight excluding hydrogens is 259 g/mol. The number of benzene rings is 1. The van der Waals surface area contributed by atoms with Crippen molar-refractivity contribution in [3.8, 4) is 5.75 Å². The van der Waals surface area contributed by atoms with E-state index < -0.39 is 5.82 Å². The lowest BCUT2D eigenvalue weighted by Crippen LogP contribution is -2.36. The summed E-state index contributed by atoms with van der Waals surface area (Å²) in [6.07, 6.45) is 4.36. The molecule has 1 aliphatic rings. The molecule has 20 heavy (non-hydrogen) atoms. The Bertz CT molecular complexity index is 471. The van der Waals surface area contributed by atoms with Gasteiger partial charge in [0.05, 0.1) is 0 Å². The average Bonchev–Trinajstić information content (AvgIpc) is 2.89. The molecule has 4 nitrogen and oxygen atoms in total. The van der Waals surface area contributed by atoms with Gasteiger partial charge in [-0.05, 0) is 25.8 Å². The van der Waals surface area contributed by atoms with E-state index in [1.807, 2.05) is 0 Å². The van der Waals surface area contributed by atoms with E-state index in [-0.39, 0.29) is 24.6 Å². The van der Waals surface area contributed by atoms with Gasteiger partial charge in [0, 0.05) is 23.7 Å². The predicted molar refractivity (Wildman–Crippen MR) is 74.9 cm³/mol. The van der Waals surface area contributed by atoms with Crippen molar-refractivity contribution in [3.05, 3.63) is 29.6 Å². The molecule has 1 aliphatic carbocycles. The lowest BCUT2D eigenvalue weighted by Gasteiger charge is -2.15. The quantitative estimate of drug-likeness (QED) is 0.869. The van der Waals surface area contributed by atoms with Gasteiger partial charge in [0.15, 0.2) is 6.61 Å². The molecular formula is C15H21FN2O2. The van der Waals surface area contributed by atoms with Crippen LogP contribution in [0.1, 0.15) is 44.2 Å². The fraction of sp³-hybridized carbons (Fsp3) is 0.533. The standard InChI is InChI=1S/C15H21FN2O2/c1-10(17)13-7-6-11(16)8-14(13)20-9-15(19)18-12-4-2-3-5-12/h6-8,10,12H,2-5,9,17H2,1H3,(H,18,19)/t10-/m1/s1. The third-order valence-corrected chi connectivity index (χ3v) is 3.55. The molecule has 0 bridgehead atoms. The van der Waals surface area contributed by atoms with Crippen molar-refractivity contribution >= 4 is 5.91 Å². The fourth-order valence-electron chi connectivity index (χ4n) is 2.49. The number of amides is 1. The Hall–Kier alpha value is -1.62. The maximum Gasteiger partial charge on any atom is 0.258 e. The largest absolute Gasteiger partial charge is 0.483 e. The molecule has 1 fully saturated rings. The van der Waals surface area contributed by atoms with Crippen LogP contribution in [-0.2, 0) is 4.79 Å². The molecule has 0 aliphatic heterocycles. The Kier molecular flexibility index (Phi) is 4.95. The molecule has 0 radical (unpaired) electrons. The topological polar surface area (TPSA) is 64.3 Å². The van der Waals surface area contributed by atoms with Crippen LogP contribution >= 0.6 is 0 Å². The summed E-state index contributed by atoms with van der Waals surface area (Å²) in [4.78, 5) is 11.8. The van der Waals surface area contributed by atoms with Crippen LogP contribution in [0.3, 0.4) is 0 Å². The maximum absolute atomic E-state index is 13.2. The van der Waals surface area contributed by atoms with Crippen LogP contribution in [-0.4, -0.2) is 18.6 Å². The van der Waals surface area contributed by atoms with Crippen molar-refractivity contribution in [3.63, 3.8) is 0 Å². The van der Waals surface area contributed by atoms with Gasteiger partial charge >= 0.3 is 0 Å². The summed E-state index contributed by atoms with van der Waals surface area (Å²) in [7, 11) is 0. The zero-order valence-electron chi connectivity index (χ0n) is 11.7. The van der Waals surface area contributed by atoms with Crippen molar-refractivity contribution in [1.29, 1.82) is 0 Å². The van der Waals surface area contributed by atoms with E-state index in [0.29, 0.717) is 11.3 Å². The van der Waals surface area contributed by atoms with E-state index >= 15 is 0 Å². The van der Waals surface area contributed by atoms with Crippen molar-refractivity contribution in [2.45, 2.75) is 44.7 Å². The first-order valence-corrected chi connectivity index (χ1v) is 7.03. The van der Waals surface area contributed by atoms with Gasteiger partial charge in [0.2, 0.25) is 0 Å². The highest BCUT2D eigenvalue weighted by atomic mass is 19.1. The number of halogens is 1. The van der Waals surface area contributed by atoms with E-state index in [4.69, 9.17) is 10.5 Å². The fourth-order valence-corrected chi connectivity index (χ4v) is 2.49. The minimum Gasteiger partial charge on any atom is -0.483 e. The second-order valence-electron chi connectivity index (χ2n) is 5.31. The van der Waals surface area contributed by atoms with Crippen molar-refractivity contribution in [2.24, 2.45) is 5.73 Å². The third-order valence-electron chi connectivity index (χ3n) is 3.55. The molecule has 1 aromatic carbocycles. The number of hydrogen-bond donors (Lipinski definition) is 2. The molecule has 1 amide bonds. The van der Waals surface area contributed by atoms with E-state index in [0.717, 1.165) is 25.7 Å². The average molecular weight is 280 g/mol. The van der Waals surface area contributed by atoms with Crippen LogP contribution in [0.15, 0.2) is 18.2 Å². The van der Waals surface area contributed by atoms with Crippen LogP contribution in [0.5, 0.6) is 5.75 Å². The first kappa shape index (κ1) is 14.8. The first-order valence-electron chi connectivity index (χ1n) is 7.03. The van der Waals surface area contributed by atoms with Crippen LogP contribution in [0.2, 0.25) is 0 Å². The van der Waals surface area contributed by atoms with Gasteiger partial charge in [-0.25, -0.2) is 4.39 Å². The van der Waals surface area contributed by atoms with Crippen molar-refractivity contribution < 1.29 is 13.9 Å². The van der Waals surface area contributed by atoms with Gasteiger partial charge in [-0.15, -0.1) is 0 Å². The van der Waals surface area contributed by atoms with Gasteiger partial charge in [0.1, 0.15) is 11.6 Å². The van der Waals surface area contributed by atoms with Crippen LogP contribution in [0.4, 0.5) is 4.39 Å². The molecule has 2 rings (SSSR count). The number of carbonyl (C=O) groups excluding carboxylic acids is 1. The van der Waals surface area contributed by atoms with E-state index in [9.17, 15) is 9.18 Å². The van der Waals surface area contributed by atoms with E-state index in [1.165, 1.54) is 12.1 Å². The number of hydrogen-bond acceptors (Lipinski definition) is 3. The monoisotopic (exact) mass is 280 g/mol. The lowest BCUT2D eigenvalue weighted by atomic mass is 10.1. The zero-order valence-corrected chi connectivity index (χ0v) is 11.7. The summed E-state index contributed by atoms with van der Waals surface area (Å²) < 4.78 is 18.7. The van der Waals surface area contributed by atoms with E-state index in [1.54, 1.807) is 13.0 Å². The SMILES string of the molecule is C[C@@H](N)c1ccc(F)cc1OCC(=O)NC1CCCC1. The zero-order chi connectivity index (χ0) is 14.5. The number of rotatable bonds is 5. The second kappa shape index (κ2) is 6.70. The Morgan fingerprint density at radius 2 is 2.20 bits per heavy atom. The summed E-state index contributed by atoms with van der Waals surface area (Å²) in [6, 6.07) is 4.17. The number of nitrogens with one attached hydrogen (secondary N) is 1. The van der Waals surface area contributed by atoms with Crippen molar-refractivity contribution in [1.82, 2.24) is 5.32 Å². The van der Waals surface area contributed by atoms with Gasteiger partial charge < -0.3 is 15.8 Å². The molecule has 1 atom stereocenters.